The van der Waals surface area contributed by atoms with Gasteiger partial charge in [0.2, 0.25) is 0 Å². The summed E-state index contributed by atoms with van der Waals surface area (Å²) in [7, 11) is 0. The molecule has 9 heteroatoms. The van der Waals surface area contributed by atoms with Crippen LogP contribution in [0, 0.1) is 10.1 Å². The maximum Gasteiger partial charge on any atom is 0.293 e. The van der Waals surface area contributed by atoms with Gasteiger partial charge in [-0.25, -0.2) is 0 Å². The Bertz CT molecular complexity index is 702. The minimum absolute atomic E-state index is 0.150. The van der Waals surface area contributed by atoms with Crippen molar-refractivity contribution in [1.82, 2.24) is 0 Å². The van der Waals surface area contributed by atoms with Crippen molar-refractivity contribution in [2.75, 3.05) is 5.32 Å². The van der Waals surface area contributed by atoms with E-state index in [-0.39, 0.29) is 11.4 Å². The van der Waals surface area contributed by atoms with Gasteiger partial charge < -0.3 is 5.32 Å². The summed E-state index contributed by atoms with van der Waals surface area (Å²) >= 11 is 11.1. The molecule has 1 N–H and O–H groups in total. The molecule has 0 spiro atoms. The number of carbonyl (C=O) groups is 1. The van der Waals surface area contributed by atoms with Crippen LogP contribution in [0.5, 0.6) is 0 Å². The van der Waals surface area contributed by atoms with Gasteiger partial charge >= 0.3 is 0 Å². The molecular formula is C11H5Br3N2O3S. The van der Waals surface area contributed by atoms with Crippen molar-refractivity contribution in [3.63, 3.8) is 0 Å². The first-order valence-corrected chi connectivity index (χ1v) is 8.28. The summed E-state index contributed by atoms with van der Waals surface area (Å²) in [5, 5.41) is 13.5. The number of nitrogens with zero attached hydrogens (tertiary/aromatic N) is 1. The quantitative estimate of drug-likeness (QED) is 0.481. The predicted octanol–water partition coefficient (Wildman–Crippen LogP) is 5.20. The summed E-state index contributed by atoms with van der Waals surface area (Å²) in [6.45, 7) is 0. The molecule has 0 unspecified atom stereocenters. The molecule has 0 radical (unpaired) electrons. The number of hydrogen-bond acceptors (Lipinski definition) is 4. The highest BCUT2D eigenvalue weighted by molar-refractivity contribution is 9.12. The molecule has 1 aromatic carbocycles. The number of hydrogen-bond donors (Lipinski definition) is 1. The number of anilines is 1. The van der Waals surface area contributed by atoms with E-state index >= 15 is 0 Å². The van der Waals surface area contributed by atoms with Crippen LogP contribution >= 0.6 is 59.1 Å². The Kier molecular flexibility index (Phi) is 4.95. The number of thiophene rings is 1. The largest absolute Gasteiger partial charge is 0.316 e. The van der Waals surface area contributed by atoms with Gasteiger partial charge in [-0.2, -0.15) is 0 Å². The molecule has 0 aliphatic carbocycles. The van der Waals surface area contributed by atoms with E-state index in [4.69, 9.17) is 0 Å². The fourth-order valence-corrected chi connectivity index (χ4v) is 4.59. The molecule has 2 rings (SSSR count). The maximum atomic E-state index is 12.1. The van der Waals surface area contributed by atoms with Crippen molar-refractivity contribution in [2.45, 2.75) is 0 Å². The Labute approximate surface area is 142 Å². The van der Waals surface area contributed by atoms with E-state index in [1.165, 1.54) is 23.5 Å². The van der Waals surface area contributed by atoms with Gasteiger partial charge in [0.05, 0.1) is 18.1 Å². The molecular weight excluding hydrogens is 480 g/mol. The van der Waals surface area contributed by atoms with E-state index < -0.39 is 10.8 Å². The first-order chi connectivity index (χ1) is 9.38. The lowest BCUT2D eigenvalue weighted by molar-refractivity contribution is -0.384. The summed E-state index contributed by atoms with van der Waals surface area (Å²) in [4.78, 5) is 22.6. The van der Waals surface area contributed by atoms with E-state index in [0.717, 1.165) is 3.79 Å². The highest BCUT2D eigenvalue weighted by Gasteiger charge is 2.19. The van der Waals surface area contributed by atoms with Gasteiger partial charge in [-0.15, -0.1) is 11.3 Å². The third-order valence-corrected chi connectivity index (χ3v) is 5.14. The zero-order valence-electron chi connectivity index (χ0n) is 9.52. The number of halogens is 3. The minimum Gasteiger partial charge on any atom is -0.316 e. The monoisotopic (exact) mass is 482 g/mol. The fourth-order valence-electron chi connectivity index (χ4n) is 1.45. The molecule has 0 fully saturated rings. The second-order valence-electron chi connectivity index (χ2n) is 3.61. The van der Waals surface area contributed by atoms with Gasteiger partial charge in [-0.05, 0) is 50.1 Å². The summed E-state index contributed by atoms with van der Waals surface area (Å²) < 4.78 is 2.02. The fraction of sp³-hybridized carbons (Fsp3) is 0. The van der Waals surface area contributed by atoms with Crippen LogP contribution in [0.4, 0.5) is 11.4 Å². The number of nitrogens with one attached hydrogen (secondary N) is 1. The van der Waals surface area contributed by atoms with Crippen molar-refractivity contribution in [3.05, 3.63) is 52.0 Å². The second-order valence-corrected chi connectivity index (χ2v) is 8.28. The Morgan fingerprint density at radius 1 is 1.25 bits per heavy atom. The van der Waals surface area contributed by atoms with Crippen molar-refractivity contribution in [1.29, 1.82) is 0 Å². The van der Waals surface area contributed by atoms with E-state index in [1.54, 1.807) is 12.1 Å². The average molecular weight is 485 g/mol. The van der Waals surface area contributed by atoms with Gasteiger partial charge in [-0.3, -0.25) is 14.9 Å². The highest BCUT2D eigenvalue weighted by atomic mass is 79.9. The normalized spacial score (nSPS) is 10.3. The van der Waals surface area contributed by atoms with E-state index in [0.29, 0.717) is 13.8 Å². The number of carbonyl (C=O) groups excluding carboxylic acids is 1. The third-order valence-electron chi connectivity index (χ3n) is 2.31. The van der Waals surface area contributed by atoms with Crippen LogP contribution in [0.3, 0.4) is 0 Å². The van der Waals surface area contributed by atoms with Crippen molar-refractivity contribution >= 4 is 76.4 Å². The number of benzene rings is 1. The van der Waals surface area contributed by atoms with Crippen molar-refractivity contribution in [3.8, 4) is 0 Å². The van der Waals surface area contributed by atoms with Crippen LogP contribution < -0.4 is 5.32 Å². The number of amides is 1. The van der Waals surface area contributed by atoms with Crippen molar-refractivity contribution < 1.29 is 9.72 Å². The molecule has 0 saturated heterocycles. The Hall–Kier alpha value is -0.770. The molecule has 104 valence electrons. The first kappa shape index (κ1) is 15.6. The molecule has 0 aliphatic rings. The van der Waals surface area contributed by atoms with E-state index in [9.17, 15) is 14.9 Å². The maximum absolute atomic E-state index is 12.1. The molecule has 1 heterocycles. The zero-order valence-corrected chi connectivity index (χ0v) is 15.1. The van der Waals surface area contributed by atoms with Crippen LogP contribution in [0.2, 0.25) is 0 Å². The average Bonchev–Trinajstić information content (AvgIpc) is 2.70. The molecule has 0 atom stereocenters. The van der Waals surface area contributed by atoms with Gasteiger partial charge in [0.1, 0.15) is 5.69 Å². The van der Waals surface area contributed by atoms with Crippen LogP contribution in [-0.2, 0) is 0 Å². The van der Waals surface area contributed by atoms with Gasteiger partial charge in [-0.1, -0.05) is 15.9 Å². The van der Waals surface area contributed by atoms with Crippen LogP contribution in [0.25, 0.3) is 0 Å². The molecule has 0 bridgehead atoms. The highest BCUT2D eigenvalue weighted by Crippen LogP contribution is 2.33. The zero-order chi connectivity index (χ0) is 14.9. The lowest BCUT2D eigenvalue weighted by Gasteiger charge is -2.05. The second kappa shape index (κ2) is 6.33. The predicted molar refractivity (Wildman–Crippen MR) is 88.5 cm³/mol. The van der Waals surface area contributed by atoms with Gasteiger partial charge in [0.15, 0.2) is 0 Å². The van der Waals surface area contributed by atoms with Gasteiger partial charge in [0.25, 0.3) is 11.6 Å². The Balaban J connectivity index is 2.33. The molecule has 1 aromatic heterocycles. The van der Waals surface area contributed by atoms with E-state index in [1.807, 2.05) is 0 Å². The molecule has 20 heavy (non-hydrogen) atoms. The number of nitro groups is 1. The summed E-state index contributed by atoms with van der Waals surface area (Å²) in [6, 6.07) is 6.10. The smallest absolute Gasteiger partial charge is 0.293 e. The third kappa shape index (κ3) is 3.46. The molecule has 0 aliphatic heterocycles. The van der Waals surface area contributed by atoms with Gasteiger partial charge in [0, 0.05) is 10.5 Å². The van der Waals surface area contributed by atoms with E-state index in [2.05, 4.69) is 53.1 Å². The molecule has 0 saturated carbocycles. The summed E-state index contributed by atoms with van der Waals surface area (Å²) in [5.41, 5.74) is 0.398. The minimum atomic E-state index is -0.543. The number of nitro benzene ring substituents is 1. The lowest BCUT2D eigenvalue weighted by atomic mass is 10.2. The standard InChI is InChI=1S/C11H5Br3N2O3S/c12-5-1-2-7(8(3-5)16(18)19)15-11(17)6-4-9(13)20-10(6)14/h1-4H,(H,15,17). The summed E-state index contributed by atoms with van der Waals surface area (Å²) in [6.07, 6.45) is 0. The Morgan fingerprint density at radius 2 is 1.95 bits per heavy atom. The molecule has 5 nitrogen and oxygen atoms in total. The van der Waals surface area contributed by atoms with Crippen LogP contribution in [0.15, 0.2) is 36.3 Å². The molecule has 1 amide bonds. The topological polar surface area (TPSA) is 72.2 Å². The number of rotatable bonds is 3. The van der Waals surface area contributed by atoms with Crippen LogP contribution in [0.1, 0.15) is 10.4 Å². The van der Waals surface area contributed by atoms with Crippen LogP contribution in [-0.4, -0.2) is 10.8 Å². The lowest BCUT2D eigenvalue weighted by Crippen LogP contribution is -2.12. The molecule has 2 aromatic rings. The Morgan fingerprint density at radius 3 is 2.50 bits per heavy atom. The first-order valence-electron chi connectivity index (χ1n) is 5.08. The summed E-state index contributed by atoms with van der Waals surface area (Å²) in [5.74, 6) is -0.413. The SMILES string of the molecule is O=C(Nc1ccc(Br)cc1[N+](=O)[O-])c1cc(Br)sc1Br. The van der Waals surface area contributed by atoms with Crippen molar-refractivity contribution in [2.24, 2.45) is 0 Å².